The van der Waals surface area contributed by atoms with E-state index in [0.717, 1.165) is 38.6 Å². The first-order valence-corrected chi connectivity index (χ1v) is 8.89. The number of piperidine rings is 1. The van der Waals surface area contributed by atoms with Crippen molar-refractivity contribution in [2.24, 2.45) is 0 Å². The molecule has 2 saturated heterocycles. The zero-order valence-corrected chi connectivity index (χ0v) is 12.8. The van der Waals surface area contributed by atoms with E-state index >= 15 is 0 Å². The topological polar surface area (TPSA) is 67.4 Å². The second-order valence-electron chi connectivity index (χ2n) is 6.34. The van der Waals surface area contributed by atoms with Crippen molar-refractivity contribution >= 4 is 10.0 Å². The normalized spacial score (nSPS) is 32.1. The highest BCUT2D eigenvalue weighted by molar-refractivity contribution is 7.89. The fraction of sp³-hybridized carbons (Fsp3) is 1.00. The summed E-state index contributed by atoms with van der Waals surface area (Å²) in [5, 5.41) is 3.28. The van der Waals surface area contributed by atoms with Crippen molar-refractivity contribution in [2.75, 3.05) is 18.9 Å². The highest BCUT2D eigenvalue weighted by atomic mass is 32.2. The molecule has 0 radical (unpaired) electrons. The lowest BCUT2D eigenvalue weighted by Gasteiger charge is -2.36. The molecule has 0 aromatic carbocycles. The average molecular weight is 290 g/mol. The van der Waals surface area contributed by atoms with Gasteiger partial charge in [0, 0.05) is 18.7 Å². The van der Waals surface area contributed by atoms with Gasteiger partial charge in [0.1, 0.15) is 0 Å². The minimum absolute atomic E-state index is 0.0114. The van der Waals surface area contributed by atoms with E-state index in [2.05, 4.69) is 10.0 Å². The molecule has 6 heteroatoms. The van der Waals surface area contributed by atoms with Crippen molar-refractivity contribution in [3.63, 3.8) is 0 Å². The standard InChI is InChI=1S/C13H26N2O3S/c1-13(2)9-11(6-8-18-13)15-19(16,17)10-12-5-3-4-7-14-12/h11-12,14-15H,3-10H2,1-2H3. The van der Waals surface area contributed by atoms with Gasteiger partial charge in [-0.25, -0.2) is 13.1 Å². The van der Waals surface area contributed by atoms with E-state index in [4.69, 9.17) is 4.74 Å². The van der Waals surface area contributed by atoms with Crippen LogP contribution in [0.15, 0.2) is 0 Å². The lowest BCUT2D eigenvalue weighted by molar-refractivity contribution is -0.0599. The second kappa shape index (κ2) is 6.08. The van der Waals surface area contributed by atoms with Crippen LogP contribution in [0.2, 0.25) is 0 Å². The Morgan fingerprint density at radius 2 is 2.11 bits per heavy atom. The summed E-state index contributed by atoms with van der Waals surface area (Å²) in [5.74, 6) is 0.199. The third-order valence-electron chi connectivity index (χ3n) is 3.88. The molecule has 112 valence electrons. The van der Waals surface area contributed by atoms with Crippen molar-refractivity contribution in [2.45, 2.75) is 63.6 Å². The molecular formula is C13H26N2O3S. The van der Waals surface area contributed by atoms with Crippen LogP contribution >= 0.6 is 0 Å². The number of hydrogen-bond donors (Lipinski definition) is 2. The van der Waals surface area contributed by atoms with Gasteiger partial charge in [-0.2, -0.15) is 0 Å². The van der Waals surface area contributed by atoms with E-state index in [-0.39, 0.29) is 23.4 Å². The van der Waals surface area contributed by atoms with Gasteiger partial charge in [0.15, 0.2) is 0 Å². The molecule has 2 aliphatic heterocycles. The van der Waals surface area contributed by atoms with Crippen LogP contribution in [0.25, 0.3) is 0 Å². The number of rotatable bonds is 4. The first-order chi connectivity index (χ1) is 8.86. The molecule has 2 N–H and O–H groups in total. The van der Waals surface area contributed by atoms with Gasteiger partial charge in [0.2, 0.25) is 10.0 Å². The summed E-state index contributed by atoms with van der Waals surface area (Å²) < 4.78 is 32.8. The molecule has 2 atom stereocenters. The minimum Gasteiger partial charge on any atom is -0.375 e. The van der Waals surface area contributed by atoms with Crippen molar-refractivity contribution in [1.29, 1.82) is 0 Å². The molecule has 2 rings (SSSR count). The van der Waals surface area contributed by atoms with Gasteiger partial charge in [-0.05, 0) is 46.1 Å². The quantitative estimate of drug-likeness (QED) is 0.811. The Labute approximate surface area is 116 Å². The third-order valence-corrected chi connectivity index (χ3v) is 5.41. The fourth-order valence-electron chi connectivity index (χ4n) is 2.97. The molecule has 0 amide bonds. The van der Waals surface area contributed by atoms with Crippen LogP contribution in [-0.2, 0) is 14.8 Å². The predicted molar refractivity (Wildman–Crippen MR) is 75.6 cm³/mol. The summed E-state index contributed by atoms with van der Waals surface area (Å²) in [6.45, 7) is 5.58. The molecule has 19 heavy (non-hydrogen) atoms. The maximum atomic E-state index is 12.2. The van der Waals surface area contributed by atoms with Gasteiger partial charge in [-0.15, -0.1) is 0 Å². The van der Waals surface area contributed by atoms with Crippen LogP contribution in [0.4, 0.5) is 0 Å². The summed E-state index contributed by atoms with van der Waals surface area (Å²) in [4.78, 5) is 0. The molecule has 0 aromatic heterocycles. The molecule has 2 fully saturated rings. The molecule has 0 aromatic rings. The van der Waals surface area contributed by atoms with Crippen molar-refractivity contribution in [3.05, 3.63) is 0 Å². The fourth-order valence-corrected chi connectivity index (χ4v) is 4.59. The molecule has 2 heterocycles. The van der Waals surface area contributed by atoms with Crippen molar-refractivity contribution in [1.82, 2.24) is 10.0 Å². The molecule has 5 nitrogen and oxygen atoms in total. The zero-order valence-electron chi connectivity index (χ0n) is 11.9. The van der Waals surface area contributed by atoms with Gasteiger partial charge >= 0.3 is 0 Å². The van der Waals surface area contributed by atoms with Gasteiger partial charge in [0.25, 0.3) is 0 Å². The summed E-state index contributed by atoms with van der Waals surface area (Å²) in [5.41, 5.74) is -0.228. The Morgan fingerprint density at radius 3 is 2.74 bits per heavy atom. The van der Waals surface area contributed by atoms with Crippen LogP contribution in [0.1, 0.15) is 46.0 Å². The minimum atomic E-state index is -3.20. The first kappa shape index (κ1) is 15.2. The molecule has 0 spiro atoms. The number of sulfonamides is 1. The van der Waals surface area contributed by atoms with Crippen molar-refractivity contribution < 1.29 is 13.2 Å². The van der Waals surface area contributed by atoms with Crippen LogP contribution in [0.5, 0.6) is 0 Å². The van der Waals surface area contributed by atoms with Crippen LogP contribution < -0.4 is 10.0 Å². The van der Waals surface area contributed by atoms with Crippen molar-refractivity contribution in [3.8, 4) is 0 Å². The maximum absolute atomic E-state index is 12.2. The Bertz CT molecular complexity index is 389. The number of ether oxygens (including phenoxy) is 1. The van der Waals surface area contributed by atoms with Crippen LogP contribution in [-0.4, -0.2) is 45.0 Å². The zero-order chi connectivity index (χ0) is 13.9. The van der Waals surface area contributed by atoms with Gasteiger partial charge in [-0.1, -0.05) is 6.42 Å². The maximum Gasteiger partial charge on any atom is 0.213 e. The highest BCUT2D eigenvalue weighted by Crippen LogP contribution is 2.24. The summed E-state index contributed by atoms with van der Waals surface area (Å²) >= 11 is 0. The summed E-state index contributed by atoms with van der Waals surface area (Å²) in [6, 6.07) is 0.122. The molecule has 0 saturated carbocycles. The van der Waals surface area contributed by atoms with E-state index in [9.17, 15) is 8.42 Å². The lowest BCUT2D eigenvalue weighted by atomic mass is 9.95. The Kier molecular flexibility index (Phi) is 4.87. The van der Waals surface area contributed by atoms with Crippen LogP contribution in [0, 0.1) is 0 Å². The first-order valence-electron chi connectivity index (χ1n) is 7.24. The molecule has 0 bridgehead atoms. The number of hydrogen-bond acceptors (Lipinski definition) is 4. The second-order valence-corrected chi connectivity index (χ2v) is 8.14. The van der Waals surface area contributed by atoms with Crippen LogP contribution in [0.3, 0.4) is 0 Å². The Balaban J connectivity index is 1.86. The predicted octanol–water partition coefficient (Wildman–Crippen LogP) is 1.01. The molecular weight excluding hydrogens is 264 g/mol. The van der Waals surface area contributed by atoms with Gasteiger partial charge < -0.3 is 10.1 Å². The molecule has 0 aliphatic carbocycles. The molecule has 2 aliphatic rings. The Morgan fingerprint density at radius 1 is 1.32 bits per heavy atom. The SMILES string of the molecule is CC1(C)CC(NS(=O)(=O)CC2CCCCN2)CCO1. The van der Waals surface area contributed by atoms with E-state index in [1.54, 1.807) is 0 Å². The smallest absolute Gasteiger partial charge is 0.213 e. The van der Waals surface area contributed by atoms with E-state index in [1.165, 1.54) is 0 Å². The highest BCUT2D eigenvalue weighted by Gasteiger charge is 2.32. The third kappa shape index (κ3) is 5.02. The molecule has 2 unspecified atom stereocenters. The average Bonchev–Trinajstić information content (AvgIpc) is 2.27. The van der Waals surface area contributed by atoms with E-state index in [0.29, 0.717) is 6.61 Å². The lowest BCUT2D eigenvalue weighted by Crippen LogP contribution is -2.49. The largest absolute Gasteiger partial charge is 0.375 e. The Hall–Kier alpha value is -0.170. The monoisotopic (exact) mass is 290 g/mol. The van der Waals surface area contributed by atoms with E-state index in [1.807, 2.05) is 13.8 Å². The van der Waals surface area contributed by atoms with Gasteiger partial charge in [-0.3, -0.25) is 0 Å². The van der Waals surface area contributed by atoms with Gasteiger partial charge in [0.05, 0.1) is 11.4 Å². The summed E-state index contributed by atoms with van der Waals surface area (Å²) in [6.07, 6.45) is 4.74. The summed E-state index contributed by atoms with van der Waals surface area (Å²) in [7, 11) is -3.20. The van der Waals surface area contributed by atoms with E-state index < -0.39 is 10.0 Å². The number of nitrogens with one attached hydrogen (secondary N) is 2.